The fourth-order valence-electron chi connectivity index (χ4n) is 1.39. The number of aliphatic carboxylic acids is 1. The molecule has 0 aliphatic heterocycles. The van der Waals surface area contributed by atoms with E-state index in [1.54, 1.807) is 0 Å². The zero-order chi connectivity index (χ0) is 14.0. The highest BCUT2D eigenvalue weighted by Gasteiger charge is 2.13. The van der Waals surface area contributed by atoms with Gasteiger partial charge in [0.25, 0.3) is 5.56 Å². The summed E-state index contributed by atoms with van der Waals surface area (Å²) in [5, 5.41) is 13.6. The maximum Gasteiger partial charge on any atom is 0.332 e. The molecule has 1 N–H and O–H groups in total. The van der Waals surface area contributed by atoms with E-state index in [1.165, 1.54) is 28.8 Å². The summed E-state index contributed by atoms with van der Waals surface area (Å²) < 4.78 is 6.34. The predicted molar refractivity (Wildman–Crippen MR) is 68.4 cm³/mol. The van der Waals surface area contributed by atoms with Crippen molar-refractivity contribution >= 4 is 22.3 Å². The largest absolute Gasteiger partial charge is 0.479 e. The summed E-state index contributed by atoms with van der Waals surface area (Å²) in [6, 6.07) is 1.31. The van der Waals surface area contributed by atoms with E-state index in [0.29, 0.717) is 10.7 Å². The van der Waals surface area contributed by atoms with Crippen molar-refractivity contribution in [2.24, 2.45) is 0 Å². The number of carbonyl (C=O) groups is 1. The lowest BCUT2D eigenvalue weighted by molar-refractivity contribution is -0.149. The molecular weight excluding hydrogens is 270 g/mol. The molecule has 0 spiro atoms. The third kappa shape index (κ3) is 2.96. The lowest BCUT2D eigenvalue weighted by atomic mass is 10.4. The van der Waals surface area contributed by atoms with Crippen molar-refractivity contribution in [1.29, 1.82) is 0 Å². The van der Waals surface area contributed by atoms with Crippen LogP contribution in [-0.2, 0) is 22.6 Å². The molecule has 102 valence electrons. The molecule has 0 saturated heterocycles. The van der Waals surface area contributed by atoms with Crippen LogP contribution in [0.2, 0.25) is 0 Å². The third-order valence-electron chi connectivity index (χ3n) is 2.47. The molecule has 0 unspecified atom stereocenters. The topological polar surface area (TPSA) is 93.8 Å². The number of fused-ring (bicyclic) bond motifs is 1. The lowest BCUT2D eigenvalue weighted by Crippen LogP contribution is -2.21. The van der Waals surface area contributed by atoms with Crippen molar-refractivity contribution < 1.29 is 14.6 Å². The van der Waals surface area contributed by atoms with Crippen LogP contribution in [0.3, 0.4) is 0 Å². The number of hydrogen-bond acceptors (Lipinski definition) is 6. The highest BCUT2D eigenvalue weighted by atomic mass is 32.1. The van der Waals surface area contributed by atoms with Gasteiger partial charge in [-0.2, -0.15) is 9.61 Å². The number of aromatic nitrogens is 3. The summed E-state index contributed by atoms with van der Waals surface area (Å²) in [6.07, 6.45) is -0.206. The van der Waals surface area contributed by atoms with Gasteiger partial charge in [-0.1, -0.05) is 18.3 Å². The number of nitrogens with zero attached hydrogens (tertiary/aromatic N) is 3. The van der Waals surface area contributed by atoms with Gasteiger partial charge in [-0.25, -0.2) is 9.78 Å². The van der Waals surface area contributed by atoms with Gasteiger partial charge < -0.3 is 9.84 Å². The second kappa shape index (κ2) is 5.45. The molecule has 0 radical (unpaired) electrons. The molecule has 0 aliphatic carbocycles. The maximum atomic E-state index is 11.8. The summed E-state index contributed by atoms with van der Waals surface area (Å²) in [4.78, 5) is 27.2. The number of carboxylic acids is 1. The van der Waals surface area contributed by atoms with E-state index in [-0.39, 0.29) is 12.2 Å². The molecule has 19 heavy (non-hydrogen) atoms. The molecule has 1 atom stereocenters. The predicted octanol–water partition coefficient (Wildman–Crippen LogP) is 0.703. The van der Waals surface area contributed by atoms with Gasteiger partial charge in [-0.15, -0.1) is 0 Å². The van der Waals surface area contributed by atoms with Crippen LogP contribution in [0.15, 0.2) is 10.9 Å². The summed E-state index contributed by atoms with van der Waals surface area (Å²) >= 11 is 1.34. The van der Waals surface area contributed by atoms with Crippen molar-refractivity contribution in [3.63, 3.8) is 0 Å². The Labute approximate surface area is 112 Å². The van der Waals surface area contributed by atoms with Gasteiger partial charge in [0.1, 0.15) is 5.01 Å². The maximum absolute atomic E-state index is 11.8. The van der Waals surface area contributed by atoms with E-state index in [1.807, 2.05) is 6.92 Å². The van der Waals surface area contributed by atoms with Crippen LogP contribution >= 0.6 is 11.3 Å². The van der Waals surface area contributed by atoms with Crippen molar-refractivity contribution in [1.82, 2.24) is 14.6 Å². The average Bonchev–Trinajstić information content (AvgIpc) is 2.79. The highest BCUT2D eigenvalue weighted by Crippen LogP contribution is 2.12. The van der Waals surface area contributed by atoms with Crippen LogP contribution in [0.4, 0.5) is 0 Å². The zero-order valence-electron chi connectivity index (χ0n) is 10.5. The number of rotatable bonds is 5. The zero-order valence-corrected chi connectivity index (χ0v) is 11.3. The Bertz CT molecular complexity index is 663. The molecule has 2 heterocycles. The van der Waals surface area contributed by atoms with Crippen LogP contribution in [0.25, 0.3) is 4.96 Å². The number of aryl methyl sites for hydroxylation is 1. The fraction of sp³-hybridized carbons (Fsp3) is 0.455. The van der Waals surface area contributed by atoms with Crippen LogP contribution < -0.4 is 5.56 Å². The van der Waals surface area contributed by atoms with E-state index in [4.69, 9.17) is 9.84 Å². The SMILES string of the molecule is CCc1nn2c(=O)cc(CO[C@@H](C)C(=O)O)nc2s1. The smallest absolute Gasteiger partial charge is 0.332 e. The monoisotopic (exact) mass is 283 g/mol. The van der Waals surface area contributed by atoms with Crippen molar-refractivity contribution in [2.75, 3.05) is 0 Å². The lowest BCUT2D eigenvalue weighted by Gasteiger charge is -2.07. The molecule has 2 rings (SSSR count). The van der Waals surface area contributed by atoms with E-state index in [0.717, 1.165) is 11.4 Å². The van der Waals surface area contributed by atoms with E-state index < -0.39 is 12.1 Å². The van der Waals surface area contributed by atoms with Crippen LogP contribution in [0.1, 0.15) is 24.5 Å². The standard InChI is InChI=1S/C11H13N3O4S/c1-3-8-13-14-9(15)4-7(12-11(14)19-8)5-18-6(2)10(16)17/h4,6H,3,5H2,1-2H3,(H,16,17)/t6-/m0/s1. The second-order valence-electron chi connectivity index (χ2n) is 3.92. The Balaban J connectivity index is 2.25. The molecule has 0 amide bonds. The molecular formula is C11H13N3O4S. The molecule has 0 aromatic carbocycles. The highest BCUT2D eigenvalue weighted by molar-refractivity contribution is 7.16. The molecule has 0 aliphatic rings. The summed E-state index contributed by atoms with van der Waals surface area (Å²) in [6.45, 7) is 3.36. The molecule has 2 aromatic rings. The molecule has 8 heteroatoms. The van der Waals surface area contributed by atoms with Gasteiger partial charge in [0, 0.05) is 6.07 Å². The minimum absolute atomic E-state index is 0.0153. The molecule has 2 aromatic heterocycles. The Morgan fingerprint density at radius 3 is 3.00 bits per heavy atom. The first-order valence-electron chi connectivity index (χ1n) is 5.74. The molecule has 7 nitrogen and oxygen atoms in total. The van der Waals surface area contributed by atoms with Crippen molar-refractivity contribution in [2.45, 2.75) is 33.0 Å². The molecule has 0 fully saturated rings. The van der Waals surface area contributed by atoms with Gasteiger partial charge in [-0.05, 0) is 13.3 Å². The molecule has 0 bridgehead atoms. The second-order valence-corrected chi connectivity index (χ2v) is 4.96. The van der Waals surface area contributed by atoms with Gasteiger partial charge in [0.2, 0.25) is 4.96 Å². The fourth-order valence-corrected chi connectivity index (χ4v) is 2.25. The molecule has 0 saturated carbocycles. The van der Waals surface area contributed by atoms with Gasteiger partial charge in [-0.3, -0.25) is 4.79 Å². The summed E-state index contributed by atoms with van der Waals surface area (Å²) in [5.41, 5.74) is 0.118. The number of hydrogen-bond donors (Lipinski definition) is 1. The summed E-state index contributed by atoms with van der Waals surface area (Å²) in [5.74, 6) is -1.05. The van der Waals surface area contributed by atoms with Crippen LogP contribution in [0, 0.1) is 0 Å². The van der Waals surface area contributed by atoms with Crippen LogP contribution in [0.5, 0.6) is 0 Å². The number of ether oxygens (including phenoxy) is 1. The van der Waals surface area contributed by atoms with Gasteiger partial charge >= 0.3 is 5.97 Å². The number of carboxylic acid groups (broad SMARTS) is 1. The average molecular weight is 283 g/mol. The van der Waals surface area contributed by atoms with Crippen molar-refractivity contribution in [3.8, 4) is 0 Å². The summed E-state index contributed by atoms with van der Waals surface area (Å²) in [7, 11) is 0. The Kier molecular flexibility index (Phi) is 3.91. The Morgan fingerprint density at radius 1 is 1.63 bits per heavy atom. The first-order chi connectivity index (χ1) is 9.01. The van der Waals surface area contributed by atoms with Crippen LogP contribution in [-0.4, -0.2) is 31.8 Å². The Hall–Kier alpha value is -1.80. The van der Waals surface area contributed by atoms with E-state index >= 15 is 0 Å². The normalized spacial score (nSPS) is 12.7. The quantitative estimate of drug-likeness (QED) is 0.868. The Morgan fingerprint density at radius 2 is 2.37 bits per heavy atom. The minimum atomic E-state index is -1.05. The van der Waals surface area contributed by atoms with E-state index in [2.05, 4.69) is 10.1 Å². The first-order valence-corrected chi connectivity index (χ1v) is 6.56. The van der Waals surface area contributed by atoms with E-state index in [9.17, 15) is 9.59 Å². The van der Waals surface area contributed by atoms with Gasteiger partial charge in [0.15, 0.2) is 6.10 Å². The first kappa shape index (κ1) is 13.6. The minimum Gasteiger partial charge on any atom is -0.479 e. The third-order valence-corrected chi connectivity index (χ3v) is 3.52. The van der Waals surface area contributed by atoms with Gasteiger partial charge in [0.05, 0.1) is 12.3 Å². The van der Waals surface area contributed by atoms with Crippen molar-refractivity contribution in [3.05, 3.63) is 27.1 Å².